The number of fused-ring (bicyclic) bond motifs is 1. The fourth-order valence-corrected chi connectivity index (χ4v) is 6.74. The molecule has 0 saturated carbocycles. The molecule has 2 amide bonds. The summed E-state index contributed by atoms with van der Waals surface area (Å²) >= 11 is 6.60. The van der Waals surface area contributed by atoms with Gasteiger partial charge in [-0.25, -0.2) is 4.39 Å². The maximum Gasteiger partial charge on any atom is 0.256 e. The van der Waals surface area contributed by atoms with E-state index >= 15 is 0 Å². The van der Waals surface area contributed by atoms with Crippen LogP contribution in [0.4, 0.5) is 10.1 Å². The molecule has 0 bridgehead atoms. The van der Waals surface area contributed by atoms with E-state index in [-0.39, 0.29) is 36.7 Å². The van der Waals surface area contributed by atoms with Crippen molar-refractivity contribution in [2.24, 2.45) is 5.41 Å². The molecule has 2 atom stereocenters. The van der Waals surface area contributed by atoms with E-state index in [2.05, 4.69) is 41.5 Å². The molecule has 0 fully saturated rings. The highest BCUT2D eigenvalue weighted by atomic mass is 35.5. The van der Waals surface area contributed by atoms with Crippen LogP contribution < -0.4 is 19.7 Å². The van der Waals surface area contributed by atoms with Gasteiger partial charge in [-0.2, -0.15) is 0 Å². The monoisotopic (exact) mass is 779 g/mol. The van der Waals surface area contributed by atoms with Crippen LogP contribution in [0, 0.1) is 11.2 Å². The van der Waals surface area contributed by atoms with Gasteiger partial charge in [-0.15, -0.1) is 12.4 Å². The number of benzene rings is 4. The zero-order chi connectivity index (χ0) is 38.0. The fraction of sp³-hybridized carbons (Fsp3) is 0.395. The van der Waals surface area contributed by atoms with E-state index in [1.54, 1.807) is 42.3 Å². The van der Waals surface area contributed by atoms with Crippen LogP contribution in [0.2, 0.25) is 5.02 Å². The van der Waals surface area contributed by atoms with Crippen molar-refractivity contribution in [3.8, 4) is 11.5 Å². The van der Waals surface area contributed by atoms with Gasteiger partial charge in [-0.1, -0.05) is 93.0 Å². The van der Waals surface area contributed by atoms with Gasteiger partial charge in [0, 0.05) is 47.0 Å². The van der Waals surface area contributed by atoms with Crippen LogP contribution in [0.25, 0.3) is 0 Å². The normalized spacial score (nSPS) is 15.6. The molecule has 1 aliphatic rings. The molecule has 0 unspecified atom stereocenters. The number of nitrogens with one attached hydrogen (secondary N) is 1. The van der Waals surface area contributed by atoms with Crippen LogP contribution in [-0.2, 0) is 27.3 Å². The number of rotatable bonds is 16. The van der Waals surface area contributed by atoms with Crippen molar-refractivity contribution >= 4 is 41.5 Å². The first kappa shape index (κ1) is 42.6. The number of anilines is 1. The summed E-state index contributed by atoms with van der Waals surface area (Å²) in [6.45, 7) is 8.81. The van der Waals surface area contributed by atoms with E-state index in [1.807, 2.05) is 51.1 Å². The Hall–Kier alpha value is -4.15. The fourth-order valence-electron chi connectivity index (χ4n) is 6.56. The molecular formula is C43H52Cl2FN3O5. The topological polar surface area (TPSA) is 80.3 Å². The van der Waals surface area contributed by atoms with Gasteiger partial charge in [0.25, 0.3) is 5.91 Å². The molecule has 11 heteroatoms. The Labute approximate surface area is 330 Å². The summed E-state index contributed by atoms with van der Waals surface area (Å²) in [4.78, 5) is 31.7. The molecular weight excluding hydrogens is 728 g/mol. The van der Waals surface area contributed by atoms with Crippen molar-refractivity contribution in [2.45, 2.75) is 65.2 Å². The zero-order valence-corrected chi connectivity index (χ0v) is 33.4. The molecule has 1 aliphatic heterocycles. The van der Waals surface area contributed by atoms with Crippen molar-refractivity contribution in [3.63, 3.8) is 0 Å². The van der Waals surface area contributed by atoms with Gasteiger partial charge in [0.15, 0.2) is 11.5 Å². The van der Waals surface area contributed by atoms with Gasteiger partial charge in [-0.05, 0) is 74.2 Å². The third-order valence-corrected chi connectivity index (χ3v) is 9.36. The van der Waals surface area contributed by atoms with Crippen LogP contribution in [0.15, 0.2) is 91.0 Å². The van der Waals surface area contributed by atoms with Crippen molar-refractivity contribution in [1.29, 1.82) is 0 Å². The summed E-state index contributed by atoms with van der Waals surface area (Å²) in [5, 5.41) is 3.24. The minimum absolute atomic E-state index is 0. The summed E-state index contributed by atoms with van der Waals surface area (Å²) in [5.41, 5.74) is 3.34. The third kappa shape index (κ3) is 11.7. The minimum atomic E-state index is -1.17. The maximum absolute atomic E-state index is 14.4. The molecule has 0 saturated heterocycles. The van der Waals surface area contributed by atoms with Gasteiger partial charge < -0.3 is 29.3 Å². The number of methoxy groups -OCH3 is 1. The second kappa shape index (κ2) is 20.0. The molecule has 4 aromatic carbocycles. The summed E-state index contributed by atoms with van der Waals surface area (Å²) in [6, 6.07) is 27.7. The Kier molecular flexibility index (Phi) is 15.7. The van der Waals surface area contributed by atoms with Crippen molar-refractivity contribution in [1.82, 2.24) is 10.2 Å². The van der Waals surface area contributed by atoms with Crippen LogP contribution in [-0.4, -0.2) is 63.2 Å². The van der Waals surface area contributed by atoms with Crippen LogP contribution in [0.5, 0.6) is 11.5 Å². The SMILES string of the molecule is COc1c(OCCCN(C)CCCc2ccccc2)cccc1[C@@H]1O[C@@H](CC(=O)NCc2ccccc2F)C(=O)N(CC(C)(C)C)c2ccc(Cl)cc21.Cl. The van der Waals surface area contributed by atoms with E-state index in [0.717, 1.165) is 32.4 Å². The largest absolute Gasteiger partial charge is 0.492 e. The van der Waals surface area contributed by atoms with E-state index in [4.69, 9.17) is 25.8 Å². The van der Waals surface area contributed by atoms with Gasteiger partial charge in [0.05, 0.1) is 20.1 Å². The van der Waals surface area contributed by atoms with Gasteiger partial charge in [0.1, 0.15) is 18.0 Å². The predicted molar refractivity (Wildman–Crippen MR) is 215 cm³/mol. The van der Waals surface area contributed by atoms with E-state index < -0.39 is 23.9 Å². The van der Waals surface area contributed by atoms with E-state index in [0.29, 0.717) is 52.1 Å². The molecule has 4 aromatic rings. The molecule has 54 heavy (non-hydrogen) atoms. The van der Waals surface area contributed by atoms with Crippen molar-refractivity contribution in [2.75, 3.05) is 45.3 Å². The molecule has 0 aromatic heterocycles. The highest BCUT2D eigenvalue weighted by Gasteiger charge is 2.40. The first-order chi connectivity index (χ1) is 25.4. The van der Waals surface area contributed by atoms with Gasteiger partial charge in [-0.3, -0.25) is 9.59 Å². The lowest BCUT2D eigenvalue weighted by atomic mass is 9.94. The Morgan fingerprint density at radius 3 is 2.41 bits per heavy atom. The third-order valence-electron chi connectivity index (χ3n) is 9.13. The number of carbonyl (C=O) groups is 2. The smallest absolute Gasteiger partial charge is 0.256 e. The average molecular weight is 781 g/mol. The maximum atomic E-state index is 14.4. The number of aryl methyl sites for hydroxylation is 1. The number of para-hydroxylation sites is 1. The standard InChI is InChI=1S/C43H51ClFN3O5.ClH/c1-43(2,3)29-48-36-22-21-32(44)26-34(36)40(53-38(42(48)50)27-39(49)46-28-31-17-9-10-19-35(31)45)33-18-11-20-37(41(33)51-5)52-25-13-24-47(4)23-12-16-30-14-7-6-8-15-30;/h6-11,14-15,17-22,26,38,40H,12-13,16,23-25,27-29H2,1-5H3,(H,46,49);1H/t38-,40-;/m0./s1. The Morgan fingerprint density at radius 1 is 0.963 bits per heavy atom. The number of nitrogens with zero attached hydrogens (tertiary/aromatic N) is 2. The number of halogens is 3. The highest BCUT2D eigenvalue weighted by molar-refractivity contribution is 6.30. The number of hydrogen-bond acceptors (Lipinski definition) is 6. The van der Waals surface area contributed by atoms with Crippen LogP contribution >= 0.6 is 24.0 Å². The number of ether oxygens (including phenoxy) is 3. The molecule has 1 N–H and O–H groups in total. The van der Waals surface area contributed by atoms with Crippen LogP contribution in [0.1, 0.15) is 68.4 Å². The number of hydrogen-bond donors (Lipinski definition) is 1. The summed E-state index contributed by atoms with van der Waals surface area (Å²) < 4.78 is 33.3. The minimum Gasteiger partial charge on any atom is -0.492 e. The lowest BCUT2D eigenvalue weighted by Crippen LogP contribution is -2.45. The first-order valence-electron chi connectivity index (χ1n) is 18.2. The summed E-state index contributed by atoms with van der Waals surface area (Å²) in [5.74, 6) is -0.201. The average Bonchev–Trinajstić information content (AvgIpc) is 3.23. The molecule has 0 spiro atoms. The predicted octanol–water partition coefficient (Wildman–Crippen LogP) is 8.82. The Balaban J connectivity index is 0.00000650. The lowest BCUT2D eigenvalue weighted by Gasteiger charge is -2.31. The quantitative estimate of drug-likeness (QED) is 0.115. The number of carbonyl (C=O) groups excluding carboxylic acids is 2. The van der Waals surface area contributed by atoms with E-state index in [9.17, 15) is 14.0 Å². The summed E-state index contributed by atoms with van der Waals surface area (Å²) in [7, 11) is 3.70. The first-order valence-corrected chi connectivity index (χ1v) is 18.6. The lowest BCUT2D eigenvalue weighted by molar-refractivity contribution is -0.138. The van der Waals surface area contributed by atoms with E-state index in [1.165, 1.54) is 11.6 Å². The second-order valence-corrected chi connectivity index (χ2v) is 15.2. The molecule has 0 aliphatic carbocycles. The van der Waals surface area contributed by atoms with Crippen molar-refractivity contribution in [3.05, 3.63) is 124 Å². The molecule has 5 rings (SSSR count). The van der Waals surface area contributed by atoms with Gasteiger partial charge >= 0.3 is 0 Å². The second-order valence-electron chi connectivity index (χ2n) is 14.7. The summed E-state index contributed by atoms with van der Waals surface area (Å²) in [6.07, 6.45) is 0.658. The van der Waals surface area contributed by atoms with Crippen LogP contribution in [0.3, 0.4) is 0 Å². The molecule has 290 valence electrons. The van der Waals surface area contributed by atoms with Crippen molar-refractivity contribution < 1.29 is 28.2 Å². The highest BCUT2D eigenvalue weighted by Crippen LogP contribution is 2.45. The van der Waals surface area contributed by atoms with Gasteiger partial charge in [0.2, 0.25) is 5.91 Å². The molecule has 8 nitrogen and oxygen atoms in total. The zero-order valence-electron chi connectivity index (χ0n) is 31.8. The molecule has 1 heterocycles. The Bertz CT molecular complexity index is 1840. The number of amides is 2. The molecule has 0 radical (unpaired) electrons. The Morgan fingerprint density at radius 2 is 1.69 bits per heavy atom.